The van der Waals surface area contributed by atoms with Crippen LogP contribution in [0.5, 0.6) is 0 Å². The van der Waals surface area contributed by atoms with E-state index in [9.17, 15) is 4.79 Å². The monoisotopic (exact) mass is 292 g/mol. The molecule has 0 unspecified atom stereocenters. The maximum absolute atomic E-state index is 10.3. The van der Waals surface area contributed by atoms with E-state index in [-0.39, 0.29) is 0 Å². The highest BCUT2D eigenvalue weighted by Crippen LogP contribution is 2.10. The van der Waals surface area contributed by atoms with E-state index in [2.05, 4.69) is 12.2 Å². The van der Waals surface area contributed by atoms with E-state index in [0.29, 0.717) is 6.42 Å². The maximum Gasteiger partial charge on any atom is 0.303 e. The zero-order valence-electron chi connectivity index (χ0n) is 13.7. The van der Waals surface area contributed by atoms with Gasteiger partial charge in [-0.1, -0.05) is 69.8 Å². The van der Waals surface area contributed by atoms with Crippen LogP contribution in [-0.2, 0) is 4.79 Å². The van der Waals surface area contributed by atoms with Gasteiger partial charge < -0.3 is 5.11 Å². The Bertz CT molecular complexity index is 252. The van der Waals surface area contributed by atoms with Crippen molar-refractivity contribution in [2.75, 3.05) is 0 Å². The lowest BCUT2D eigenvalue weighted by Gasteiger charge is -1.99. The molecule has 0 saturated heterocycles. The Kier molecular flexibility index (Phi) is 16.7. The van der Waals surface area contributed by atoms with Crippen LogP contribution in [0.4, 0.5) is 0 Å². The number of hydrogen-bond acceptors (Lipinski definition) is 1. The molecule has 3 heteroatoms. The van der Waals surface area contributed by atoms with Gasteiger partial charge in [-0.25, -0.2) is 0 Å². The molecule has 21 heavy (non-hydrogen) atoms. The third-order valence-corrected chi connectivity index (χ3v) is 3.75. The van der Waals surface area contributed by atoms with E-state index < -0.39 is 5.97 Å². The van der Waals surface area contributed by atoms with Gasteiger partial charge in [0.25, 0.3) is 0 Å². The van der Waals surface area contributed by atoms with Crippen LogP contribution in [0.3, 0.4) is 0 Å². The quantitative estimate of drug-likeness (QED) is 0.226. The number of allylic oxidation sites excluding steroid dienone is 2. The van der Waals surface area contributed by atoms with Crippen molar-refractivity contribution in [3.63, 3.8) is 0 Å². The second-order valence-corrected chi connectivity index (χ2v) is 5.87. The Morgan fingerprint density at radius 2 is 1.14 bits per heavy atom. The van der Waals surface area contributed by atoms with E-state index in [1.54, 1.807) is 0 Å². The van der Waals surface area contributed by atoms with E-state index in [1.807, 2.05) is 0 Å². The molecule has 0 saturated carbocycles. The van der Waals surface area contributed by atoms with Crippen LogP contribution < -0.4 is 0 Å². The van der Waals surface area contributed by atoms with Crippen molar-refractivity contribution in [1.82, 2.24) is 0 Å². The molecular weight excluding hydrogens is 259 g/mol. The number of unbranched alkanes of at least 4 members (excludes halogenated alkanes) is 11. The smallest absolute Gasteiger partial charge is 0.303 e. The van der Waals surface area contributed by atoms with Crippen molar-refractivity contribution in [1.29, 1.82) is 0 Å². The summed E-state index contributed by atoms with van der Waals surface area (Å²) in [6.45, 7) is 0. The molecule has 0 aliphatic carbocycles. The first-order chi connectivity index (χ1) is 10.3. The highest BCUT2D eigenvalue weighted by molar-refractivity contribution is 6.08. The molecular formula is C18H33BO2. The number of hydrogen-bond donors (Lipinski definition) is 1. The van der Waals surface area contributed by atoms with E-state index >= 15 is 0 Å². The average Bonchev–Trinajstić information content (AvgIpc) is 2.46. The highest BCUT2D eigenvalue weighted by atomic mass is 16.4. The Hall–Kier alpha value is -0.725. The van der Waals surface area contributed by atoms with Crippen LogP contribution in [-0.4, -0.2) is 18.9 Å². The number of carbonyl (C=O) groups is 1. The summed E-state index contributed by atoms with van der Waals surface area (Å²) in [5, 5.41) is 8.51. The van der Waals surface area contributed by atoms with Crippen LogP contribution in [0, 0.1) is 0 Å². The van der Waals surface area contributed by atoms with Crippen LogP contribution >= 0.6 is 0 Å². The average molecular weight is 292 g/mol. The second-order valence-electron chi connectivity index (χ2n) is 5.87. The van der Waals surface area contributed by atoms with Crippen molar-refractivity contribution in [2.24, 2.45) is 0 Å². The normalized spacial score (nSPS) is 11.2. The molecule has 120 valence electrons. The molecule has 1 N–H and O–H groups in total. The molecule has 0 aliphatic rings. The predicted molar refractivity (Wildman–Crippen MR) is 92.0 cm³/mol. The largest absolute Gasteiger partial charge is 0.481 e. The summed E-state index contributed by atoms with van der Waals surface area (Å²) < 4.78 is 0. The standard InChI is InChI=1S/C18H33BO2/c19-17-15-13-11-9-7-5-3-1-2-4-6-8-10-12-14-16-18(20)21/h1-2H,3-17H2,(H,20,21). The fourth-order valence-electron chi connectivity index (χ4n) is 2.42. The molecule has 0 atom stereocenters. The number of rotatable bonds is 16. The lowest BCUT2D eigenvalue weighted by Crippen LogP contribution is -1.93. The minimum absolute atomic E-state index is 0.326. The van der Waals surface area contributed by atoms with E-state index in [0.717, 1.165) is 19.2 Å². The van der Waals surface area contributed by atoms with Crippen LogP contribution in [0.15, 0.2) is 12.2 Å². The lowest BCUT2D eigenvalue weighted by molar-refractivity contribution is -0.137. The van der Waals surface area contributed by atoms with Gasteiger partial charge in [-0.3, -0.25) is 4.79 Å². The summed E-state index contributed by atoms with van der Waals surface area (Å²) in [7, 11) is 5.46. The zero-order valence-corrected chi connectivity index (χ0v) is 13.7. The number of carboxylic acids is 1. The Morgan fingerprint density at radius 1 is 0.714 bits per heavy atom. The van der Waals surface area contributed by atoms with Gasteiger partial charge in [0.05, 0.1) is 7.85 Å². The van der Waals surface area contributed by atoms with Gasteiger partial charge in [-0.15, -0.1) is 0 Å². The molecule has 0 aliphatic heterocycles. The first kappa shape index (κ1) is 20.3. The van der Waals surface area contributed by atoms with Gasteiger partial charge in [0, 0.05) is 6.42 Å². The van der Waals surface area contributed by atoms with Crippen molar-refractivity contribution in [2.45, 2.75) is 96.2 Å². The molecule has 2 nitrogen and oxygen atoms in total. The summed E-state index contributed by atoms with van der Waals surface area (Å²) in [4.78, 5) is 10.3. The zero-order chi connectivity index (χ0) is 15.6. The van der Waals surface area contributed by atoms with E-state index in [4.69, 9.17) is 13.0 Å². The molecule has 0 aromatic heterocycles. The Labute approximate surface area is 132 Å². The minimum Gasteiger partial charge on any atom is -0.481 e. The minimum atomic E-state index is -0.669. The first-order valence-electron chi connectivity index (χ1n) is 8.84. The number of carboxylic acid groups (broad SMARTS) is 1. The topological polar surface area (TPSA) is 37.3 Å². The van der Waals surface area contributed by atoms with Gasteiger partial charge in [-0.05, 0) is 32.1 Å². The van der Waals surface area contributed by atoms with Crippen LogP contribution in [0.25, 0.3) is 0 Å². The summed E-state index contributed by atoms with van der Waals surface area (Å²) in [6.07, 6.45) is 21.5. The van der Waals surface area contributed by atoms with E-state index in [1.165, 1.54) is 70.6 Å². The fraction of sp³-hybridized carbons (Fsp3) is 0.833. The summed E-state index contributed by atoms with van der Waals surface area (Å²) in [6, 6.07) is 0. The molecule has 0 heterocycles. The molecule has 0 aromatic carbocycles. The Morgan fingerprint density at radius 3 is 1.62 bits per heavy atom. The lowest BCUT2D eigenvalue weighted by atomic mass is 9.98. The molecule has 0 spiro atoms. The van der Waals surface area contributed by atoms with Gasteiger partial charge in [0.15, 0.2) is 0 Å². The maximum atomic E-state index is 10.3. The summed E-state index contributed by atoms with van der Waals surface area (Å²) >= 11 is 0. The third-order valence-electron chi connectivity index (χ3n) is 3.75. The fourth-order valence-corrected chi connectivity index (χ4v) is 2.42. The molecule has 0 bridgehead atoms. The second kappa shape index (κ2) is 17.3. The van der Waals surface area contributed by atoms with Crippen molar-refractivity contribution in [3.05, 3.63) is 12.2 Å². The van der Waals surface area contributed by atoms with Crippen LogP contribution in [0.1, 0.15) is 89.9 Å². The van der Waals surface area contributed by atoms with Crippen LogP contribution in [0.2, 0.25) is 6.32 Å². The molecule has 2 radical (unpaired) electrons. The molecule has 0 amide bonds. The van der Waals surface area contributed by atoms with Gasteiger partial charge in [-0.2, -0.15) is 0 Å². The molecule has 0 aromatic rings. The first-order valence-corrected chi connectivity index (χ1v) is 8.84. The van der Waals surface area contributed by atoms with Crippen molar-refractivity contribution < 1.29 is 9.90 Å². The van der Waals surface area contributed by atoms with Crippen molar-refractivity contribution in [3.8, 4) is 0 Å². The SMILES string of the molecule is [B]CCCCCCCCC=CCCCCCCCC(=O)O. The molecule has 0 rings (SSSR count). The van der Waals surface area contributed by atoms with Gasteiger partial charge in [0.1, 0.15) is 0 Å². The highest BCUT2D eigenvalue weighted by Gasteiger charge is 1.95. The summed E-state index contributed by atoms with van der Waals surface area (Å²) in [5.41, 5.74) is 0. The molecule has 0 fully saturated rings. The van der Waals surface area contributed by atoms with Gasteiger partial charge in [0.2, 0.25) is 0 Å². The third kappa shape index (κ3) is 19.3. The Balaban J connectivity index is 3.07. The number of aliphatic carboxylic acids is 1. The summed E-state index contributed by atoms with van der Waals surface area (Å²) in [5.74, 6) is -0.669. The predicted octanol–water partition coefficient (Wildman–Crippen LogP) is 5.68. The van der Waals surface area contributed by atoms with Gasteiger partial charge >= 0.3 is 5.97 Å². The van der Waals surface area contributed by atoms with Crippen molar-refractivity contribution >= 4 is 13.8 Å².